The van der Waals surface area contributed by atoms with Crippen LogP contribution in [0.2, 0.25) is 0 Å². The maximum absolute atomic E-state index is 12.3. The summed E-state index contributed by atoms with van der Waals surface area (Å²) in [6.07, 6.45) is 0. The lowest BCUT2D eigenvalue weighted by molar-refractivity contribution is -0.137. The molecule has 1 unspecified atom stereocenters. The Bertz CT molecular complexity index is 608. The van der Waals surface area contributed by atoms with Gasteiger partial charge in [-0.05, 0) is 12.1 Å². The molecule has 1 aliphatic heterocycles. The topological polar surface area (TPSA) is 99.1 Å². The highest BCUT2D eigenvalue weighted by Gasteiger charge is 2.34. The van der Waals surface area contributed by atoms with E-state index in [-0.39, 0.29) is 4.90 Å². The average molecular weight is 302 g/mol. The van der Waals surface area contributed by atoms with Crippen molar-refractivity contribution < 1.29 is 32.5 Å². The molecule has 1 heterocycles. The Labute approximate surface area is 116 Å². The molecule has 0 spiro atoms. The fourth-order valence-corrected chi connectivity index (χ4v) is 3.25. The molecule has 0 aliphatic carbocycles. The van der Waals surface area contributed by atoms with Crippen molar-refractivity contribution in [2.75, 3.05) is 26.9 Å². The van der Waals surface area contributed by atoms with Crippen LogP contribution in [0.15, 0.2) is 23.1 Å². The van der Waals surface area contributed by atoms with Gasteiger partial charge < -0.3 is 19.3 Å². The predicted octanol–water partition coefficient (Wildman–Crippen LogP) is 0.331. The molecule has 2 rings (SSSR count). The number of fused-ring (bicyclic) bond motifs is 1. The number of carbonyl (C=O) groups is 1. The molecule has 1 aromatic rings. The molecule has 1 aliphatic rings. The Kier molecular flexibility index (Phi) is 4.15. The summed E-state index contributed by atoms with van der Waals surface area (Å²) in [5, 5.41) is 7.37. The van der Waals surface area contributed by atoms with Crippen LogP contribution in [-0.2, 0) is 19.4 Å². The fourth-order valence-electron chi connectivity index (χ4n) is 1.81. The predicted molar refractivity (Wildman–Crippen MR) is 67.9 cm³/mol. The summed E-state index contributed by atoms with van der Waals surface area (Å²) in [5.41, 5.74) is 0. The van der Waals surface area contributed by atoms with Crippen LogP contribution < -0.4 is 9.47 Å². The van der Waals surface area contributed by atoms with Gasteiger partial charge in [-0.15, -0.1) is 0 Å². The molecular formula is C12H14O7S. The summed E-state index contributed by atoms with van der Waals surface area (Å²) in [6, 6.07) is 4.02. The number of carboxylic acid groups (broad SMARTS) is 1. The molecule has 110 valence electrons. The van der Waals surface area contributed by atoms with Crippen LogP contribution in [0, 0.1) is 0 Å². The third-order valence-corrected chi connectivity index (χ3v) is 4.81. The van der Waals surface area contributed by atoms with Crippen LogP contribution in [0.3, 0.4) is 0 Å². The molecule has 1 N–H and O–H groups in total. The van der Waals surface area contributed by atoms with Gasteiger partial charge in [0, 0.05) is 13.2 Å². The van der Waals surface area contributed by atoms with E-state index in [1.54, 1.807) is 0 Å². The van der Waals surface area contributed by atoms with Gasteiger partial charge in [0.25, 0.3) is 0 Å². The third-order valence-electron chi connectivity index (χ3n) is 2.81. The van der Waals surface area contributed by atoms with Crippen molar-refractivity contribution in [3.8, 4) is 11.5 Å². The summed E-state index contributed by atoms with van der Waals surface area (Å²) in [7, 11) is -2.81. The van der Waals surface area contributed by atoms with E-state index in [1.807, 2.05) is 0 Å². The van der Waals surface area contributed by atoms with Crippen molar-refractivity contribution >= 4 is 15.8 Å². The van der Waals surface area contributed by atoms with Crippen molar-refractivity contribution in [3.63, 3.8) is 0 Å². The number of hydrogen-bond acceptors (Lipinski definition) is 6. The minimum absolute atomic E-state index is 0.133. The van der Waals surface area contributed by atoms with Crippen molar-refractivity contribution in [1.82, 2.24) is 0 Å². The van der Waals surface area contributed by atoms with E-state index in [9.17, 15) is 13.2 Å². The first-order valence-corrected chi connectivity index (χ1v) is 7.36. The van der Waals surface area contributed by atoms with Crippen molar-refractivity contribution in [2.45, 2.75) is 10.1 Å². The largest absolute Gasteiger partial charge is 0.486 e. The number of ether oxygens (including phenoxy) is 3. The molecule has 8 heteroatoms. The molecule has 20 heavy (non-hydrogen) atoms. The van der Waals surface area contributed by atoms with Crippen molar-refractivity contribution in [2.24, 2.45) is 0 Å². The first kappa shape index (κ1) is 14.6. The Morgan fingerprint density at radius 1 is 1.35 bits per heavy atom. The van der Waals surface area contributed by atoms with E-state index in [2.05, 4.69) is 4.74 Å². The van der Waals surface area contributed by atoms with Crippen LogP contribution in [0.25, 0.3) is 0 Å². The smallest absolute Gasteiger partial charge is 0.324 e. The third kappa shape index (κ3) is 2.70. The Balaban J connectivity index is 2.40. The van der Waals surface area contributed by atoms with Crippen LogP contribution in [0.5, 0.6) is 11.5 Å². The van der Waals surface area contributed by atoms with E-state index in [1.165, 1.54) is 25.3 Å². The highest BCUT2D eigenvalue weighted by molar-refractivity contribution is 7.92. The Morgan fingerprint density at radius 3 is 2.60 bits per heavy atom. The Hall–Kier alpha value is -1.80. The number of sulfone groups is 1. The van der Waals surface area contributed by atoms with E-state index >= 15 is 0 Å². The minimum Gasteiger partial charge on any atom is -0.486 e. The summed E-state index contributed by atoms with van der Waals surface area (Å²) in [4.78, 5) is 10.9. The van der Waals surface area contributed by atoms with Gasteiger partial charge in [0.15, 0.2) is 26.6 Å². The van der Waals surface area contributed by atoms with Crippen LogP contribution in [-0.4, -0.2) is 51.7 Å². The highest BCUT2D eigenvalue weighted by atomic mass is 32.2. The van der Waals surface area contributed by atoms with Crippen LogP contribution in [0.1, 0.15) is 0 Å². The van der Waals surface area contributed by atoms with Gasteiger partial charge in [-0.25, -0.2) is 8.42 Å². The molecule has 0 saturated carbocycles. The number of benzene rings is 1. The van der Waals surface area contributed by atoms with Crippen LogP contribution >= 0.6 is 0 Å². The van der Waals surface area contributed by atoms with Crippen molar-refractivity contribution in [3.05, 3.63) is 18.2 Å². The molecule has 7 nitrogen and oxygen atoms in total. The maximum Gasteiger partial charge on any atom is 0.324 e. The zero-order valence-electron chi connectivity index (χ0n) is 10.7. The van der Waals surface area contributed by atoms with Gasteiger partial charge in [-0.3, -0.25) is 4.79 Å². The second-order valence-electron chi connectivity index (χ2n) is 4.13. The molecule has 0 bridgehead atoms. The number of methoxy groups -OCH3 is 1. The SMILES string of the molecule is COCC(C(=O)O)S(=O)(=O)c1ccc2c(c1)OCCO2. The van der Waals surface area contributed by atoms with E-state index in [4.69, 9.17) is 14.6 Å². The van der Waals surface area contributed by atoms with Gasteiger partial charge in [0.1, 0.15) is 13.2 Å². The van der Waals surface area contributed by atoms with Crippen LogP contribution in [0.4, 0.5) is 0 Å². The van der Waals surface area contributed by atoms with Gasteiger partial charge in [0.05, 0.1) is 11.5 Å². The number of rotatable bonds is 5. The molecule has 0 saturated heterocycles. The van der Waals surface area contributed by atoms with Gasteiger partial charge in [0.2, 0.25) is 0 Å². The zero-order chi connectivity index (χ0) is 14.8. The first-order chi connectivity index (χ1) is 9.46. The molecule has 0 radical (unpaired) electrons. The molecule has 1 atom stereocenters. The maximum atomic E-state index is 12.3. The van der Waals surface area contributed by atoms with Crippen molar-refractivity contribution in [1.29, 1.82) is 0 Å². The quantitative estimate of drug-likeness (QED) is 0.836. The first-order valence-electron chi connectivity index (χ1n) is 5.82. The van der Waals surface area contributed by atoms with E-state index in [0.29, 0.717) is 24.7 Å². The monoisotopic (exact) mass is 302 g/mol. The lowest BCUT2D eigenvalue weighted by Gasteiger charge is -2.19. The summed E-state index contributed by atoms with van der Waals surface area (Å²) in [5.74, 6) is -0.727. The normalized spacial score (nSPS) is 15.7. The highest BCUT2D eigenvalue weighted by Crippen LogP contribution is 2.33. The summed E-state index contributed by atoms with van der Waals surface area (Å²) in [6.45, 7) is 0.281. The lowest BCUT2D eigenvalue weighted by Crippen LogP contribution is -2.34. The van der Waals surface area contributed by atoms with Gasteiger partial charge in [-0.2, -0.15) is 0 Å². The Morgan fingerprint density at radius 2 is 2.00 bits per heavy atom. The lowest BCUT2D eigenvalue weighted by atomic mass is 10.3. The molecule has 0 amide bonds. The molecule has 1 aromatic carbocycles. The molecule has 0 fully saturated rings. The van der Waals surface area contributed by atoms with E-state index in [0.717, 1.165) is 0 Å². The fraction of sp³-hybridized carbons (Fsp3) is 0.417. The van der Waals surface area contributed by atoms with Gasteiger partial charge >= 0.3 is 5.97 Å². The van der Waals surface area contributed by atoms with E-state index < -0.39 is 27.7 Å². The number of aliphatic carboxylic acids is 1. The second kappa shape index (κ2) is 5.68. The summed E-state index contributed by atoms with van der Waals surface area (Å²) < 4.78 is 39.8. The standard InChI is InChI=1S/C12H14O7S/c1-17-7-11(12(13)14)20(15,16)8-2-3-9-10(6-8)19-5-4-18-9/h2-3,6,11H,4-5,7H2,1H3,(H,13,14). The molecule has 0 aromatic heterocycles. The second-order valence-corrected chi connectivity index (χ2v) is 6.26. The molecular weight excluding hydrogens is 288 g/mol. The average Bonchev–Trinajstić information content (AvgIpc) is 2.43. The zero-order valence-corrected chi connectivity index (χ0v) is 11.6. The number of hydrogen-bond donors (Lipinski definition) is 1. The number of carboxylic acids is 1. The minimum atomic E-state index is -4.06. The summed E-state index contributed by atoms with van der Waals surface area (Å²) >= 11 is 0. The van der Waals surface area contributed by atoms with Gasteiger partial charge in [-0.1, -0.05) is 0 Å².